The minimum absolute atomic E-state index is 0.218. The number of piperidine rings is 1. The number of nitrogens with zero attached hydrogens (tertiary/aromatic N) is 6. The first-order valence-electron chi connectivity index (χ1n) is 13.3. The van der Waals surface area contributed by atoms with Gasteiger partial charge in [-0.25, -0.2) is 9.37 Å². The first kappa shape index (κ1) is 25.0. The highest BCUT2D eigenvalue weighted by Crippen LogP contribution is 2.45. The summed E-state index contributed by atoms with van der Waals surface area (Å²) in [6, 6.07) is 4.29. The normalized spacial score (nSPS) is 17.3. The van der Waals surface area contributed by atoms with Gasteiger partial charge in [0.2, 0.25) is 0 Å². The molecule has 11 heteroatoms. The molecule has 2 aliphatic heterocycles. The Hall–Kier alpha value is -2.98. The predicted molar refractivity (Wildman–Crippen MR) is 156 cm³/mol. The number of anilines is 1. The predicted octanol–water partition coefficient (Wildman–Crippen LogP) is 5.56. The van der Waals surface area contributed by atoms with Crippen LogP contribution in [-0.4, -0.2) is 76.2 Å². The second kappa shape index (κ2) is 9.30. The second-order valence-electron chi connectivity index (χ2n) is 10.9. The van der Waals surface area contributed by atoms with E-state index in [0.717, 1.165) is 72.2 Å². The summed E-state index contributed by atoms with van der Waals surface area (Å²) in [5.74, 6) is 0.301. The van der Waals surface area contributed by atoms with Gasteiger partial charge in [0.1, 0.15) is 11.3 Å². The molecule has 0 amide bonds. The summed E-state index contributed by atoms with van der Waals surface area (Å²) >= 11 is 13.5. The SMILES string of the molecule is Cc1c(Cl)cc2[nH]ncc2c1-c1c(Cl)cc2c(nc(N3CC(N(C)C)C3)c3cnn(C4CCNCC4)c32)c1F. The summed E-state index contributed by atoms with van der Waals surface area (Å²) in [6.45, 7) is 5.37. The number of aromatic nitrogens is 5. The first-order chi connectivity index (χ1) is 18.8. The lowest BCUT2D eigenvalue weighted by Crippen LogP contribution is -2.57. The molecule has 2 saturated heterocycles. The summed E-state index contributed by atoms with van der Waals surface area (Å²) < 4.78 is 18.9. The Labute approximate surface area is 235 Å². The highest BCUT2D eigenvalue weighted by Gasteiger charge is 2.33. The highest BCUT2D eigenvalue weighted by molar-refractivity contribution is 6.36. The minimum Gasteiger partial charge on any atom is -0.353 e. The van der Waals surface area contributed by atoms with Gasteiger partial charge in [-0.3, -0.25) is 9.78 Å². The molecule has 2 aromatic carbocycles. The Morgan fingerprint density at radius 1 is 1.00 bits per heavy atom. The van der Waals surface area contributed by atoms with Gasteiger partial charge in [-0.15, -0.1) is 0 Å². The van der Waals surface area contributed by atoms with E-state index in [1.54, 1.807) is 12.3 Å². The Balaban J connectivity index is 1.52. The van der Waals surface area contributed by atoms with Crippen molar-refractivity contribution in [3.63, 3.8) is 0 Å². The summed E-state index contributed by atoms with van der Waals surface area (Å²) in [5, 5.41) is 18.6. The van der Waals surface area contributed by atoms with Crippen LogP contribution in [0, 0.1) is 12.7 Å². The molecule has 7 rings (SSSR count). The van der Waals surface area contributed by atoms with Gasteiger partial charge in [-0.2, -0.15) is 10.2 Å². The molecule has 2 fully saturated rings. The number of rotatable bonds is 4. The standard InChI is InChI=1S/C28H29Cl2FN8/c1-14-20(29)9-22-18(10-33-36-22)23(14)24-21(30)8-17-26(25(24)31)35-28(38-12-16(13-38)37(2)3)19-11-34-39(27(17)19)15-4-6-32-7-5-15/h8-11,15-16,32H,4-7,12-13H2,1-3H3,(H,33,36). The van der Waals surface area contributed by atoms with Crippen molar-refractivity contribution in [1.82, 2.24) is 35.2 Å². The van der Waals surface area contributed by atoms with Crippen molar-refractivity contribution in [2.45, 2.75) is 31.8 Å². The van der Waals surface area contributed by atoms with E-state index in [1.807, 2.05) is 19.2 Å². The highest BCUT2D eigenvalue weighted by atomic mass is 35.5. The molecule has 5 heterocycles. The summed E-state index contributed by atoms with van der Waals surface area (Å²) in [4.78, 5) is 9.40. The van der Waals surface area contributed by atoms with Gasteiger partial charge in [0.15, 0.2) is 5.82 Å². The zero-order valence-corrected chi connectivity index (χ0v) is 23.5. The van der Waals surface area contributed by atoms with Crippen LogP contribution in [0.3, 0.4) is 0 Å². The molecular weight excluding hydrogens is 538 g/mol. The zero-order chi connectivity index (χ0) is 27.0. The second-order valence-corrected chi connectivity index (χ2v) is 11.7. The lowest BCUT2D eigenvalue weighted by molar-refractivity contribution is 0.246. The number of benzene rings is 2. The molecule has 0 unspecified atom stereocenters. The summed E-state index contributed by atoms with van der Waals surface area (Å²) in [5.41, 5.74) is 3.55. The third-order valence-electron chi connectivity index (χ3n) is 8.44. The van der Waals surface area contributed by atoms with E-state index in [9.17, 15) is 0 Å². The maximum absolute atomic E-state index is 16.9. The van der Waals surface area contributed by atoms with E-state index in [1.165, 1.54) is 0 Å². The number of likely N-dealkylation sites (N-methyl/N-ethyl adjacent to an activating group) is 1. The fourth-order valence-electron chi connectivity index (χ4n) is 6.10. The van der Waals surface area contributed by atoms with Crippen molar-refractivity contribution in [1.29, 1.82) is 0 Å². The summed E-state index contributed by atoms with van der Waals surface area (Å²) in [6.07, 6.45) is 5.48. The molecule has 0 radical (unpaired) electrons. The number of fused-ring (bicyclic) bond motifs is 4. The zero-order valence-electron chi connectivity index (χ0n) is 22.0. The van der Waals surface area contributed by atoms with Crippen LogP contribution in [0.2, 0.25) is 10.0 Å². The van der Waals surface area contributed by atoms with E-state index in [0.29, 0.717) is 27.0 Å². The van der Waals surface area contributed by atoms with Gasteiger partial charge in [-0.1, -0.05) is 23.2 Å². The topological polar surface area (TPSA) is 77.9 Å². The fourth-order valence-corrected chi connectivity index (χ4v) is 6.59. The van der Waals surface area contributed by atoms with Crippen LogP contribution >= 0.6 is 23.2 Å². The Kier molecular flexibility index (Phi) is 5.97. The molecule has 2 aliphatic rings. The largest absolute Gasteiger partial charge is 0.353 e. The Morgan fingerprint density at radius 2 is 1.77 bits per heavy atom. The number of H-pyrrole nitrogens is 1. The molecule has 0 aliphatic carbocycles. The fraction of sp³-hybridized carbons (Fsp3) is 0.393. The Morgan fingerprint density at radius 3 is 2.51 bits per heavy atom. The van der Waals surface area contributed by atoms with E-state index < -0.39 is 5.82 Å². The smallest absolute Gasteiger partial charge is 0.158 e. The third kappa shape index (κ3) is 3.82. The van der Waals surface area contributed by atoms with Crippen LogP contribution in [0.1, 0.15) is 24.4 Å². The minimum atomic E-state index is -0.462. The Bertz CT molecular complexity index is 1750. The molecule has 3 aromatic heterocycles. The molecule has 0 bridgehead atoms. The molecule has 202 valence electrons. The van der Waals surface area contributed by atoms with Gasteiger partial charge in [0, 0.05) is 46.1 Å². The third-order valence-corrected chi connectivity index (χ3v) is 9.13. The maximum atomic E-state index is 16.9. The molecule has 0 saturated carbocycles. The lowest BCUT2D eigenvalue weighted by atomic mass is 9.94. The van der Waals surface area contributed by atoms with Gasteiger partial charge in [0.05, 0.1) is 39.9 Å². The first-order valence-corrected chi connectivity index (χ1v) is 14.0. The summed E-state index contributed by atoms with van der Waals surface area (Å²) in [7, 11) is 4.16. The van der Waals surface area contributed by atoms with E-state index in [4.69, 9.17) is 33.3 Å². The van der Waals surface area contributed by atoms with Crippen LogP contribution in [0.25, 0.3) is 43.8 Å². The average Bonchev–Trinajstić information content (AvgIpc) is 3.54. The van der Waals surface area contributed by atoms with Crippen molar-refractivity contribution in [2.24, 2.45) is 0 Å². The molecule has 2 N–H and O–H groups in total. The van der Waals surface area contributed by atoms with Crippen molar-refractivity contribution in [2.75, 3.05) is 45.2 Å². The van der Waals surface area contributed by atoms with Gasteiger partial charge in [-0.05, 0) is 64.6 Å². The lowest BCUT2D eigenvalue weighted by Gasteiger charge is -2.43. The van der Waals surface area contributed by atoms with Crippen molar-refractivity contribution in [3.05, 3.63) is 46.0 Å². The molecule has 0 spiro atoms. The van der Waals surface area contributed by atoms with Gasteiger partial charge >= 0.3 is 0 Å². The molecule has 8 nitrogen and oxygen atoms in total. The maximum Gasteiger partial charge on any atom is 0.158 e. The molecule has 5 aromatic rings. The van der Waals surface area contributed by atoms with Crippen LogP contribution < -0.4 is 10.2 Å². The number of aromatic amines is 1. The monoisotopic (exact) mass is 566 g/mol. The van der Waals surface area contributed by atoms with E-state index in [-0.39, 0.29) is 17.1 Å². The molecule has 39 heavy (non-hydrogen) atoms. The number of hydrogen-bond donors (Lipinski definition) is 2. The van der Waals surface area contributed by atoms with Crippen LogP contribution in [0.15, 0.2) is 24.5 Å². The number of nitrogens with one attached hydrogen (secondary N) is 2. The molecular formula is C28H29Cl2FN8. The number of halogens is 3. The number of pyridine rings is 1. The molecule has 0 atom stereocenters. The van der Waals surface area contributed by atoms with E-state index >= 15 is 4.39 Å². The van der Waals surface area contributed by atoms with Crippen molar-refractivity contribution < 1.29 is 4.39 Å². The van der Waals surface area contributed by atoms with E-state index in [2.05, 4.69) is 44.1 Å². The number of hydrogen-bond acceptors (Lipinski definition) is 6. The van der Waals surface area contributed by atoms with Crippen LogP contribution in [0.4, 0.5) is 10.2 Å². The van der Waals surface area contributed by atoms with Gasteiger partial charge in [0.25, 0.3) is 0 Å². The van der Waals surface area contributed by atoms with Crippen LogP contribution in [-0.2, 0) is 0 Å². The average molecular weight is 568 g/mol. The van der Waals surface area contributed by atoms with Crippen LogP contribution in [0.5, 0.6) is 0 Å². The quantitative estimate of drug-likeness (QED) is 0.296. The van der Waals surface area contributed by atoms with Crippen molar-refractivity contribution >= 4 is 61.7 Å². The van der Waals surface area contributed by atoms with Crippen molar-refractivity contribution in [3.8, 4) is 11.1 Å². The van der Waals surface area contributed by atoms with Gasteiger partial charge < -0.3 is 15.1 Å².